The Kier molecular flexibility index (Phi) is 8.83. The highest BCUT2D eigenvalue weighted by Gasteiger charge is 2.55. The number of carbonyl (C=O) groups is 4. The highest BCUT2D eigenvalue weighted by molar-refractivity contribution is 8.04. The average molecular weight is 655 g/mol. The van der Waals surface area contributed by atoms with Crippen molar-refractivity contribution in [1.82, 2.24) is 19.5 Å². The number of benzene rings is 3. The van der Waals surface area contributed by atoms with Gasteiger partial charge >= 0.3 is 11.2 Å². The normalized spacial score (nSPS) is 18.4. The number of rotatable bonds is 8. The summed E-state index contributed by atoms with van der Waals surface area (Å²) in [4.78, 5) is 58.3. The van der Waals surface area contributed by atoms with E-state index in [0.29, 0.717) is 5.56 Å². The molecule has 4 aromatic rings. The quantitative estimate of drug-likeness (QED) is 0.291. The number of nitrogens with zero attached hydrogens (tertiary/aromatic N) is 3. The maximum absolute atomic E-state index is 14.0. The van der Waals surface area contributed by atoms with Gasteiger partial charge < -0.3 is 20.1 Å². The number of phenols is 1. The molecule has 47 heavy (non-hydrogen) atoms. The van der Waals surface area contributed by atoms with Crippen LogP contribution in [0.5, 0.6) is 11.5 Å². The Morgan fingerprint density at radius 2 is 1.60 bits per heavy atom. The molecule has 6 rings (SSSR count). The number of phenolic OH excluding ortho intramolecular Hbond substituents is 1. The summed E-state index contributed by atoms with van der Waals surface area (Å²) in [7, 11) is -4.62. The summed E-state index contributed by atoms with van der Waals surface area (Å²) in [5.74, 6) is -0.902. The van der Waals surface area contributed by atoms with Gasteiger partial charge in [-0.2, -0.15) is 4.31 Å². The van der Waals surface area contributed by atoms with E-state index < -0.39 is 57.6 Å². The molecule has 13 heteroatoms. The van der Waals surface area contributed by atoms with Gasteiger partial charge in [0, 0.05) is 19.2 Å². The summed E-state index contributed by atoms with van der Waals surface area (Å²) in [5, 5.41) is 11.1. The molecule has 1 aromatic heterocycles. The van der Waals surface area contributed by atoms with Crippen LogP contribution >= 0.6 is 0 Å². The predicted molar refractivity (Wildman–Crippen MR) is 170 cm³/mol. The van der Waals surface area contributed by atoms with Crippen molar-refractivity contribution in [3.8, 4) is 22.6 Å². The van der Waals surface area contributed by atoms with Crippen molar-refractivity contribution in [1.29, 1.82) is 0 Å². The fraction of sp³-hybridized carbons (Fsp3) is 0.206. The lowest BCUT2D eigenvalue weighted by Gasteiger charge is -2.28. The van der Waals surface area contributed by atoms with Gasteiger partial charge in [0.25, 0.3) is 10.0 Å². The van der Waals surface area contributed by atoms with Crippen LogP contribution in [0, 0.1) is 0 Å². The molecular weight excluding hydrogens is 624 g/mol. The van der Waals surface area contributed by atoms with Crippen molar-refractivity contribution in [2.24, 2.45) is 0 Å². The maximum atomic E-state index is 14.0. The molecule has 3 aromatic carbocycles. The van der Waals surface area contributed by atoms with Crippen molar-refractivity contribution >= 4 is 32.9 Å². The molecule has 2 saturated heterocycles. The minimum absolute atomic E-state index is 0.0105. The van der Waals surface area contributed by atoms with Crippen LogP contribution < -0.4 is 10.1 Å². The first-order valence-corrected chi connectivity index (χ1v) is 16.3. The van der Waals surface area contributed by atoms with Crippen LogP contribution in [-0.2, 0) is 26.0 Å². The Labute approximate surface area is 270 Å². The zero-order valence-electron chi connectivity index (χ0n) is 24.9. The number of nitrogens with one attached hydrogen (secondary N) is 1. The number of ketones is 1. The Morgan fingerprint density at radius 1 is 0.915 bits per heavy atom. The molecule has 3 heterocycles. The first-order chi connectivity index (χ1) is 22.6. The summed E-state index contributed by atoms with van der Waals surface area (Å²) >= 11 is 0. The number of ether oxygens (including phenoxy) is 1. The third-order valence-corrected chi connectivity index (χ3v) is 9.91. The number of aromatic nitrogens is 1. The second kappa shape index (κ2) is 13.1. The zero-order chi connectivity index (χ0) is 33.1. The second-order valence-corrected chi connectivity index (χ2v) is 13.0. The number of Topliss-reactive ketones (excluding diaryl/α,β-unsaturated/α-hetero) is 1. The van der Waals surface area contributed by atoms with Crippen LogP contribution in [0.4, 0.5) is 4.79 Å². The van der Waals surface area contributed by atoms with Crippen molar-refractivity contribution < 1.29 is 37.4 Å². The Bertz CT molecular complexity index is 1900. The van der Waals surface area contributed by atoms with Crippen LogP contribution in [0.1, 0.15) is 22.5 Å². The van der Waals surface area contributed by atoms with Gasteiger partial charge in [-0.25, -0.2) is 13.2 Å². The van der Waals surface area contributed by atoms with Crippen LogP contribution in [0.25, 0.3) is 11.1 Å². The van der Waals surface area contributed by atoms with E-state index in [1.807, 2.05) is 30.3 Å². The smallest absolute Gasteiger partial charge is 0.413 e. The molecule has 3 atom stereocenters. The maximum Gasteiger partial charge on any atom is 0.413 e. The SMILES string of the molecule is O=C(NC(Cc1ccc(O)cc1)C(=O)N1CCC2C1C(=O)CN2S(=O)(=O)C(=O)c1ccccn1)Oc1ccc(-c2ccccc2)cc1. The summed E-state index contributed by atoms with van der Waals surface area (Å²) in [6.07, 6.45) is 0.487. The minimum atomic E-state index is -4.62. The molecule has 2 aliphatic rings. The van der Waals surface area contributed by atoms with E-state index in [9.17, 15) is 32.7 Å². The van der Waals surface area contributed by atoms with Gasteiger partial charge in [-0.3, -0.25) is 19.4 Å². The van der Waals surface area contributed by atoms with Crippen LogP contribution in [-0.4, -0.2) is 81.8 Å². The number of hydrogen-bond acceptors (Lipinski definition) is 9. The first-order valence-electron chi connectivity index (χ1n) is 14.8. The van der Waals surface area contributed by atoms with Crippen LogP contribution in [0.15, 0.2) is 103 Å². The summed E-state index contributed by atoms with van der Waals surface area (Å²) in [5.41, 5.74) is 2.23. The molecule has 2 amide bonds. The fourth-order valence-electron chi connectivity index (χ4n) is 5.96. The van der Waals surface area contributed by atoms with Gasteiger partial charge in [-0.05, 0) is 59.5 Å². The summed E-state index contributed by atoms with van der Waals surface area (Å²) in [6.45, 7) is -0.551. The number of fused-ring (bicyclic) bond motifs is 1. The lowest BCUT2D eigenvalue weighted by atomic mass is 10.0. The monoisotopic (exact) mass is 654 g/mol. The van der Waals surface area contributed by atoms with Crippen molar-refractivity contribution in [3.63, 3.8) is 0 Å². The molecule has 0 spiro atoms. The van der Waals surface area contributed by atoms with Gasteiger partial charge in [-0.1, -0.05) is 60.7 Å². The van der Waals surface area contributed by atoms with E-state index in [1.165, 1.54) is 35.4 Å². The third-order valence-electron chi connectivity index (χ3n) is 8.22. The van der Waals surface area contributed by atoms with Gasteiger partial charge in [0.15, 0.2) is 5.78 Å². The number of aromatic hydroxyl groups is 1. The molecule has 0 saturated carbocycles. The summed E-state index contributed by atoms with van der Waals surface area (Å²) in [6, 6.07) is 23.6. The third kappa shape index (κ3) is 6.62. The molecular formula is C34H30N4O8S. The van der Waals surface area contributed by atoms with E-state index in [1.54, 1.807) is 42.5 Å². The Hall–Kier alpha value is -5.40. The number of likely N-dealkylation sites (tertiary alicyclic amines) is 1. The Morgan fingerprint density at radius 3 is 2.28 bits per heavy atom. The van der Waals surface area contributed by atoms with E-state index in [2.05, 4.69) is 10.3 Å². The van der Waals surface area contributed by atoms with E-state index in [4.69, 9.17) is 4.74 Å². The van der Waals surface area contributed by atoms with Gasteiger partial charge in [0.1, 0.15) is 29.3 Å². The highest BCUT2D eigenvalue weighted by atomic mass is 32.2. The van der Waals surface area contributed by atoms with Gasteiger partial charge in [0.2, 0.25) is 5.91 Å². The van der Waals surface area contributed by atoms with Crippen LogP contribution in [0.3, 0.4) is 0 Å². The average Bonchev–Trinajstić information content (AvgIpc) is 3.67. The van der Waals surface area contributed by atoms with E-state index in [0.717, 1.165) is 15.4 Å². The predicted octanol–water partition coefficient (Wildman–Crippen LogP) is 3.18. The summed E-state index contributed by atoms with van der Waals surface area (Å²) < 4.78 is 32.9. The minimum Gasteiger partial charge on any atom is -0.508 e. The van der Waals surface area contributed by atoms with Gasteiger partial charge in [0.05, 0.1) is 12.6 Å². The molecule has 12 nitrogen and oxygen atoms in total. The van der Waals surface area contributed by atoms with E-state index >= 15 is 0 Å². The molecule has 0 aliphatic carbocycles. The first kappa shape index (κ1) is 31.6. The lowest BCUT2D eigenvalue weighted by molar-refractivity contribution is -0.138. The molecule has 2 N–H and O–H groups in total. The number of carbonyl (C=O) groups excluding carboxylic acids is 4. The molecule has 240 valence electrons. The number of sulfonamides is 1. The second-order valence-electron chi connectivity index (χ2n) is 11.2. The zero-order valence-corrected chi connectivity index (χ0v) is 25.7. The lowest BCUT2D eigenvalue weighted by Crippen LogP contribution is -2.53. The number of pyridine rings is 1. The van der Waals surface area contributed by atoms with Crippen LogP contribution in [0.2, 0.25) is 0 Å². The topological polar surface area (TPSA) is 163 Å². The number of amides is 2. The van der Waals surface area contributed by atoms with Crippen molar-refractivity contribution in [2.75, 3.05) is 13.1 Å². The molecule has 2 aliphatic heterocycles. The van der Waals surface area contributed by atoms with E-state index in [-0.39, 0.29) is 36.6 Å². The van der Waals surface area contributed by atoms with Gasteiger partial charge in [-0.15, -0.1) is 0 Å². The highest BCUT2D eigenvalue weighted by Crippen LogP contribution is 2.33. The van der Waals surface area contributed by atoms with Crippen molar-refractivity contribution in [2.45, 2.75) is 31.0 Å². The Balaban J connectivity index is 1.19. The largest absolute Gasteiger partial charge is 0.508 e. The fourth-order valence-corrected chi connectivity index (χ4v) is 7.43. The standard InChI is InChI=1S/C34H30N4O8S/c39-25-13-9-22(10-14-25)20-28(36-34(43)46-26-15-11-24(12-16-26)23-6-2-1-3-7-23)32(41)37-19-17-29-31(37)30(40)21-38(29)47(44,45)33(42)27-8-4-5-18-35-27/h1-16,18,28-29,31,39H,17,19-21H2,(H,36,43). The molecule has 0 bridgehead atoms. The molecule has 0 radical (unpaired) electrons. The van der Waals surface area contributed by atoms with Crippen molar-refractivity contribution in [3.05, 3.63) is 115 Å². The number of hydrogen-bond donors (Lipinski definition) is 2. The molecule has 2 fully saturated rings. The molecule has 3 unspecified atom stereocenters.